The molecule has 0 amide bonds. The monoisotopic (exact) mass is 260 g/mol. The van der Waals surface area contributed by atoms with Crippen LogP contribution in [0, 0.1) is 16.7 Å². The Morgan fingerprint density at radius 2 is 2.21 bits per heavy atom. The van der Waals surface area contributed by atoms with Gasteiger partial charge in [-0.3, -0.25) is 10.8 Å². The SMILES string of the molecule is COc1cc(N(C)C)ccc1N/N=C(\C#N)C(=N)N. The fourth-order valence-corrected chi connectivity index (χ4v) is 1.31. The highest BCUT2D eigenvalue weighted by Gasteiger charge is 2.06. The molecule has 0 aromatic heterocycles. The third-order valence-corrected chi connectivity index (χ3v) is 2.35. The maximum absolute atomic E-state index is 8.74. The Labute approximate surface area is 111 Å². The molecule has 7 nitrogen and oxygen atoms in total. The van der Waals surface area contributed by atoms with Gasteiger partial charge in [0.25, 0.3) is 0 Å². The molecule has 0 spiro atoms. The molecule has 7 heteroatoms. The van der Waals surface area contributed by atoms with Crippen LogP contribution in [0.4, 0.5) is 11.4 Å². The molecule has 1 aromatic carbocycles. The van der Waals surface area contributed by atoms with Gasteiger partial charge in [-0.2, -0.15) is 10.4 Å². The average molecular weight is 260 g/mol. The van der Waals surface area contributed by atoms with Crippen LogP contribution < -0.4 is 20.8 Å². The van der Waals surface area contributed by atoms with E-state index in [1.54, 1.807) is 19.2 Å². The van der Waals surface area contributed by atoms with Crippen molar-refractivity contribution in [2.24, 2.45) is 10.8 Å². The van der Waals surface area contributed by atoms with Crippen molar-refractivity contribution in [1.82, 2.24) is 0 Å². The van der Waals surface area contributed by atoms with Gasteiger partial charge in [0.15, 0.2) is 5.84 Å². The van der Waals surface area contributed by atoms with Crippen LogP contribution in [0.2, 0.25) is 0 Å². The van der Waals surface area contributed by atoms with Crippen molar-refractivity contribution in [3.63, 3.8) is 0 Å². The minimum absolute atomic E-state index is 0.182. The fraction of sp³-hybridized carbons (Fsp3) is 0.250. The molecule has 0 fully saturated rings. The minimum Gasteiger partial charge on any atom is -0.494 e. The molecule has 0 aliphatic heterocycles. The van der Waals surface area contributed by atoms with E-state index in [2.05, 4.69) is 10.5 Å². The third kappa shape index (κ3) is 3.61. The van der Waals surface area contributed by atoms with Gasteiger partial charge >= 0.3 is 0 Å². The van der Waals surface area contributed by atoms with Crippen molar-refractivity contribution in [2.45, 2.75) is 0 Å². The van der Waals surface area contributed by atoms with Crippen LogP contribution in [0.3, 0.4) is 0 Å². The second-order valence-corrected chi connectivity index (χ2v) is 3.88. The number of hydrazone groups is 1. The van der Waals surface area contributed by atoms with E-state index in [9.17, 15) is 0 Å². The van der Waals surface area contributed by atoms with Gasteiger partial charge in [0.2, 0.25) is 5.71 Å². The van der Waals surface area contributed by atoms with Gasteiger partial charge in [0.1, 0.15) is 11.8 Å². The number of hydrogen-bond acceptors (Lipinski definition) is 6. The van der Waals surface area contributed by atoms with Crippen molar-refractivity contribution in [3.05, 3.63) is 18.2 Å². The van der Waals surface area contributed by atoms with Gasteiger partial charge in [-0.25, -0.2) is 0 Å². The van der Waals surface area contributed by atoms with Gasteiger partial charge < -0.3 is 15.4 Å². The number of rotatable bonds is 5. The zero-order chi connectivity index (χ0) is 14.4. The quantitative estimate of drug-likeness (QED) is 0.415. The number of hydrogen-bond donors (Lipinski definition) is 3. The van der Waals surface area contributed by atoms with Gasteiger partial charge in [-0.15, -0.1) is 0 Å². The second kappa shape index (κ2) is 6.26. The molecule has 0 aliphatic carbocycles. The number of methoxy groups -OCH3 is 1. The van der Waals surface area contributed by atoms with Crippen LogP contribution in [0.25, 0.3) is 0 Å². The lowest BCUT2D eigenvalue weighted by Crippen LogP contribution is -2.21. The van der Waals surface area contributed by atoms with Crippen LogP contribution in [0.15, 0.2) is 23.3 Å². The molecule has 0 bridgehead atoms. The standard InChI is InChI=1S/C12H16N6O/c1-18(2)8-4-5-9(11(6-8)19-3)16-17-10(7-13)12(14)15/h4-6,16H,1-3H3,(H3,14,15)/b17-10+. The third-order valence-electron chi connectivity index (χ3n) is 2.35. The summed E-state index contributed by atoms with van der Waals surface area (Å²) in [6.07, 6.45) is 0. The van der Waals surface area contributed by atoms with Crippen LogP contribution >= 0.6 is 0 Å². The van der Waals surface area contributed by atoms with E-state index in [1.165, 1.54) is 0 Å². The molecule has 0 radical (unpaired) electrons. The minimum atomic E-state index is -0.390. The van der Waals surface area contributed by atoms with E-state index in [0.29, 0.717) is 11.4 Å². The van der Waals surface area contributed by atoms with E-state index in [0.717, 1.165) is 5.69 Å². The maximum atomic E-state index is 8.74. The van der Waals surface area contributed by atoms with Crippen LogP contribution in [-0.4, -0.2) is 32.8 Å². The van der Waals surface area contributed by atoms with Crippen molar-refractivity contribution < 1.29 is 4.74 Å². The zero-order valence-electron chi connectivity index (χ0n) is 11.1. The number of nitrogens with zero attached hydrogens (tertiary/aromatic N) is 3. The summed E-state index contributed by atoms with van der Waals surface area (Å²) in [6.45, 7) is 0. The van der Waals surface area contributed by atoms with Crippen LogP contribution in [0.5, 0.6) is 5.75 Å². The van der Waals surface area contributed by atoms with E-state index in [-0.39, 0.29) is 11.5 Å². The Kier molecular flexibility index (Phi) is 4.71. The summed E-state index contributed by atoms with van der Waals surface area (Å²) < 4.78 is 5.24. The summed E-state index contributed by atoms with van der Waals surface area (Å²) in [6, 6.07) is 7.20. The van der Waals surface area contributed by atoms with E-state index < -0.39 is 0 Å². The smallest absolute Gasteiger partial charge is 0.201 e. The first-order valence-electron chi connectivity index (χ1n) is 5.43. The van der Waals surface area contributed by atoms with Gasteiger partial charge in [-0.1, -0.05) is 0 Å². The predicted molar refractivity (Wildman–Crippen MR) is 75.9 cm³/mol. The number of amidine groups is 1. The van der Waals surface area contributed by atoms with Crippen LogP contribution in [0.1, 0.15) is 0 Å². The first-order chi connectivity index (χ1) is 8.99. The maximum Gasteiger partial charge on any atom is 0.201 e. The summed E-state index contributed by atoms with van der Waals surface area (Å²) in [5, 5.41) is 19.6. The normalized spacial score (nSPS) is 10.5. The molecule has 0 saturated carbocycles. The number of anilines is 2. The Hall–Kier alpha value is -2.75. The Morgan fingerprint density at radius 1 is 1.53 bits per heavy atom. The van der Waals surface area contributed by atoms with Gasteiger partial charge in [0, 0.05) is 25.8 Å². The van der Waals surface area contributed by atoms with Crippen molar-refractivity contribution in [3.8, 4) is 11.8 Å². The summed E-state index contributed by atoms with van der Waals surface area (Å²) in [4.78, 5) is 1.94. The van der Waals surface area contributed by atoms with Crippen LogP contribution in [-0.2, 0) is 0 Å². The molecule has 0 saturated heterocycles. The van der Waals surface area contributed by atoms with Crippen molar-refractivity contribution >= 4 is 22.9 Å². The van der Waals surface area contributed by atoms with Crippen molar-refractivity contribution in [2.75, 3.05) is 31.5 Å². The Balaban J connectivity index is 3.02. The summed E-state index contributed by atoms with van der Waals surface area (Å²) in [5.41, 5.74) is 9.24. The molecule has 100 valence electrons. The predicted octanol–water partition coefficient (Wildman–Crippen LogP) is 0.989. The Morgan fingerprint density at radius 3 is 2.68 bits per heavy atom. The molecule has 4 N–H and O–H groups in total. The summed E-state index contributed by atoms with van der Waals surface area (Å²) in [5.74, 6) is 0.190. The van der Waals surface area contributed by atoms with E-state index in [1.807, 2.05) is 31.1 Å². The highest BCUT2D eigenvalue weighted by Crippen LogP contribution is 2.28. The topological polar surface area (TPSA) is 111 Å². The average Bonchev–Trinajstić information content (AvgIpc) is 2.38. The number of ether oxygens (including phenoxy) is 1. The van der Waals surface area contributed by atoms with E-state index >= 15 is 0 Å². The second-order valence-electron chi connectivity index (χ2n) is 3.88. The molecular weight excluding hydrogens is 244 g/mol. The first-order valence-corrected chi connectivity index (χ1v) is 5.43. The number of benzene rings is 1. The molecule has 0 atom stereocenters. The van der Waals surface area contributed by atoms with Gasteiger partial charge in [-0.05, 0) is 12.1 Å². The summed E-state index contributed by atoms with van der Waals surface area (Å²) in [7, 11) is 5.38. The Bertz CT molecular complexity index is 544. The lowest BCUT2D eigenvalue weighted by molar-refractivity contribution is 0.416. The molecule has 1 rings (SSSR count). The molecule has 0 unspecified atom stereocenters. The number of nitriles is 1. The molecule has 0 heterocycles. The number of nitrogens with two attached hydrogens (primary N) is 1. The van der Waals surface area contributed by atoms with Gasteiger partial charge in [0.05, 0.1) is 12.8 Å². The highest BCUT2D eigenvalue weighted by molar-refractivity contribution is 6.45. The largest absolute Gasteiger partial charge is 0.494 e. The van der Waals surface area contributed by atoms with Crippen molar-refractivity contribution in [1.29, 1.82) is 10.7 Å². The highest BCUT2D eigenvalue weighted by atomic mass is 16.5. The lowest BCUT2D eigenvalue weighted by atomic mass is 10.2. The fourth-order valence-electron chi connectivity index (χ4n) is 1.31. The zero-order valence-corrected chi connectivity index (χ0v) is 11.1. The molecular formula is C12H16N6O. The first kappa shape index (κ1) is 14.3. The lowest BCUT2D eigenvalue weighted by Gasteiger charge is -2.15. The molecule has 0 aliphatic rings. The number of nitrogens with one attached hydrogen (secondary N) is 2. The molecule has 19 heavy (non-hydrogen) atoms. The van der Waals surface area contributed by atoms with E-state index in [4.69, 9.17) is 21.1 Å². The molecule has 1 aromatic rings. The summed E-state index contributed by atoms with van der Waals surface area (Å²) >= 11 is 0.